The molecular weight excluding hydrogens is 432 g/mol. The van der Waals surface area contributed by atoms with Crippen LogP contribution in [-0.2, 0) is 17.8 Å². The van der Waals surface area contributed by atoms with Gasteiger partial charge in [-0.1, -0.05) is 41.2 Å². The van der Waals surface area contributed by atoms with Gasteiger partial charge in [0.15, 0.2) is 5.16 Å². The van der Waals surface area contributed by atoms with Crippen LogP contribution in [0, 0.1) is 0 Å². The number of amides is 1. The van der Waals surface area contributed by atoms with Gasteiger partial charge >= 0.3 is 0 Å². The molecule has 0 saturated heterocycles. The van der Waals surface area contributed by atoms with Crippen LogP contribution < -0.4 is 10.2 Å². The van der Waals surface area contributed by atoms with Crippen LogP contribution in [0.4, 0.5) is 5.69 Å². The van der Waals surface area contributed by atoms with E-state index >= 15 is 0 Å². The number of carbonyl (C=O) groups is 1. The van der Waals surface area contributed by atoms with Gasteiger partial charge in [0.2, 0.25) is 5.91 Å². The van der Waals surface area contributed by atoms with Gasteiger partial charge in [0.05, 0.1) is 24.2 Å². The molecule has 1 aliphatic heterocycles. The zero-order chi connectivity index (χ0) is 19.7. The monoisotopic (exact) mass is 451 g/mol. The summed E-state index contributed by atoms with van der Waals surface area (Å²) < 4.78 is 0. The third-order valence-electron chi connectivity index (χ3n) is 4.58. The second-order valence-electron chi connectivity index (χ2n) is 6.68. The normalized spacial score (nSPS) is 16.2. The predicted molar refractivity (Wildman–Crippen MR) is 119 cm³/mol. The number of thioether (sulfide) groups is 2. The van der Waals surface area contributed by atoms with E-state index in [9.17, 15) is 4.79 Å². The summed E-state index contributed by atoms with van der Waals surface area (Å²) in [6.07, 6.45) is 3.01. The lowest BCUT2D eigenvalue weighted by Crippen LogP contribution is -3.08. The largest absolute Gasteiger partial charge is 0.333 e. The zero-order valence-electron chi connectivity index (χ0n) is 15.5. The molecule has 3 heterocycles. The lowest BCUT2D eigenvalue weighted by molar-refractivity contribution is -0.895. The van der Waals surface area contributed by atoms with Gasteiger partial charge in [-0.25, -0.2) is 9.97 Å². The molecule has 1 aliphatic rings. The standard InChI is InChI=1S/C19H19ClN4OS3/c1-24-7-6-13-14(9-24)28-18-16(13)17(22-19(23-18)26-2)27-10-15(25)21-12-5-3-4-11(20)8-12/h3-5,8H,6-7,9-10H2,1-2H3,(H,21,25)/p+1. The molecule has 2 aromatic heterocycles. The summed E-state index contributed by atoms with van der Waals surface area (Å²) in [5.74, 6) is 0.223. The third kappa shape index (κ3) is 4.31. The number of hydrogen-bond acceptors (Lipinski definition) is 6. The maximum atomic E-state index is 12.4. The van der Waals surface area contributed by atoms with Crippen LogP contribution in [0.5, 0.6) is 0 Å². The number of rotatable bonds is 5. The van der Waals surface area contributed by atoms with Gasteiger partial charge in [-0.05, 0) is 30.0 Å². The minimum atomic E-state index is -0.0713. The average molecular weight is 452 g/mol. The van der Waals surface area contributed by atoms with Crippen molar-refractivity contribution in [2.45, 2.75) is 23.1 Å². The summed E-state index contributed by atoms with van der Waals surface area (Å²) in [6, 6.07) is 7.18. The van der Waals surface area contributed by atoms with Gasteiger partial charge in [-0.3, -0.25) is 4.79 Å². The van der Waals surface area contributed by atoms with Crippen LogP contribution >= 0.6 is 46.5 Å². The van der Waals surface area contributed by atoms with E-state index in [4.69, 9.17) is 21.6 Å². The molecule has 0 saturated carbocycles. The Kier molecular flexibility index (Phi) is 6.13. The molecule has 1 aromatic carbocycles. The van der Waals surface area contributed by atoms with Crippen LogP contribution in [0.15, 0.2) is 34.4 Å². The molecule has 0 spiro atoms. The van der Waals surface area contributed by atoms with Gasteiger partial charge in [-0.15, -0.1) is 11.3 Å². The number of nitrogens with one attached hydrogen (secondary N) is 2. The first-order chi connectivity index (χ1) is 13.5. The van der Waals surface area contributed by atoms with Crippen molar-refractivity contribution >= 4 is 68.3 Å². The number of aromatic nitrogens is 2. The summed E-state index contributed by atoms with van der Waals surface area (Å²) in [7, 11) is 2.22. The van der Waals surface area contributed by atoms with Crippen LogP contribution in [0.1, 0.15) is 10.4 Å². The maximum Gasteiger partial charge on any atom is 0.234 e. The zero-order valence-corrected chi connectivity index (χ0v) is 18.7. The molecule has 0 fully saturated rings. The minimum Gasteiger partial charge on any atom is -0.333 e. The SMILES string of the molecule is CSc1nc(SCC(=O)Nc2cccc(Cl)c2)c2c3c(sc2n1)C[NH+](C)CC3. The minimum absolute atomic E-state index is 0.0713. The van der Waals surface area contributed by atoms with E-state index < -0.39 is 0 Å². The van der Waals surface area contributed by atoms with Gasteiger partial charge < -0.3 is 10.2 Å². The molecule has 4 rings (SSSR count). The summed E-state index contributed by atoms with van der Waals surface area (Å²) in [5, 5.41) is 6.31. The van der Waals surface area contributed by atoms with Crippen molar-refractivity contribution in [2.24, 2.45) is 0 Å². The Labute approximate surface area is 181 Å². The Morgan fingerprint density at radius 2 is 2.25 bits per heavy atom. The molecule has 1 amide bonds. The van der Waals surface area contributed by atoms with E-state index in [0.717, 1.165) is 39.9 Å². The van der Waals surface area contributed by atoms with Crippen LogP contribution in [0.3, 0.4) is 0 Å². The first-order valence-electron chi connectivity index (χ1n) is 8.89. The number of quaternary nitrogens is 1. The second kappa shape index (κ2) is 8.59. The highest BCUT2D eigenvalue weighted by molar-refractivity contribution is 8.00. The molecule has 0 aliphatic carbocycles. The Bertz CT molecular complexity index is 1040. The Morgan fingerprint density at radius 1 is 1.39 bits per heavy atom. The molecule has 1 atom stereocenters. The fraction of sp³-hybridized carbons (Fsp3) is 0.316. The number of hydrogen-bond donors (Lipinski definition) is 2. The van der Waals surface area contributed by atoms with E-state index in [1.54, 1.807) is 23.5 Å². The van der Waals surface area contributed by atoms with Crippen LogP contribution in [0.25, 0.3) is 10.2 Å². The smallest absolute Gasteiger partial charge is 0.234 e. The Morgan fingerprint density at radius 3 is 3.04 bits per heavy atom. The molecule has 5 nitrogen and oxygen atoms in total. The van der Waals surface area contributed by atoms with Crippen LogP contribution in [-0.4, -0.2) is 41.5 Å². The summed E-state index contributed by atoms with van der Waals surface area (Å²) in [6.45, 7) is 2.15. The number of benzene rings is 1. The highest BCUT2D eigenvalue weighted by Gasteiger charge is 2.25. The van der Waals surface area contributed by atoms with E-state index in [-0.39, 0.29) is 5.91 Å². The first kappa shape index (κ1) is 20.0. The number of carbonyl (C=O) groups excluding carboxylic acids is 1. The molecule has 9 heteroatoms. The Balaban J connectivity index is 1.58. The number of thiophene rings is 1. The summed E-state index contributed by atoms with van der Waals surface area (Å²) in [4.78, 5) is 25.8. The molecule has 0 radical (unpaired) electrons. The molecule has 28 heavy (non-hydrogen) atoms. The van der Waals surface area contributed by atoms with Crippen molar-refractivity contribution in [3.8, 4) is 0 Å². The molecule has 2 N–H and O–H groups in total. The quantitative estimate of drug-likeness (QED) is 0.354. The predicted octanol–water partition coefficient (Wildman–Crippen LogP) is 3.37. The van der Waals surface area contributed by atoms with E-state index in [1.165, 1.54) is 38.9 Å². The maximum absolute atomic E-state index is 12.4. The topological polar surface area (TPSA) is 59.3 Å². The van der Waals surface area contributed by atoms with Gasteiger partial charge in [0.1, 0.15) is 16.4 Å². The van der Waals surface area contributed by atoms with Crippen molar-refractivity contribution in [3.05, 3.63) is 39.7 Å². The van der Waals surface area contributed by atoms with Crippen molar-refractivity contribution in [2.75, 3.05) is 30.9 Å². The lowest BCUT2D eigenvalue weighted by Gasteiger charge is -2.19. The fourth-order valence-electron chi connectivity index (χ4n) is 3.25. The first-order valence-corrected chi connectivity index (χ1v) is 12.3. The van der Waals surface area contributed by atoms with Crippen molar-refractivity contribution in [1.82, 2.24) is 9.97 Å². The number of anilines is 1. The van der Waals surface area contributed by atoms with E-state index in [0.29, 0.717) is 16.5 Å². The summed E-state index contributed by atoms with van der Waals surface area (Å²) in [5.41, 5.74) is 2.07. The lowest BCUT2D eigenvalue weighted by atomic mass is 10.1. The summed E-state index contributed by atoms with van der Waals surface area (Å²) >= 11 is 10.8. The third-order valence-corrected chi connectivity index (χ3v) is 7.46. The number of fused-ring (bicyclic) bond motifs is 3. The van der Waals surface area contributed by atoms with E-state index in [1.807, 2.05) is 18.4 Å². The number of halogens is 1. The van der Waals surface area contributed by atoms with Gasteiger partial charge in [0.25, 0.3) is 0 Å². The van der Waals surface area contributed by atoms with Gasteiger partial charge in [-0.2, -0.15) is 0 Å². The van der Waals surface area contributed by atoms with Crippen LogP contribution in [0.2, 0.25) is 5.02 Å². The van der Waals surface area contributed by atoms with Gasteiger partial charge in [0, 0.05) is 22.5 Å². The fourth-order valence-corrected chi connectivity index (χ4v) is 6.18. The van der Waals surface area contributed by atoms with Crippen molar-refractivity contribution in [3.63, 3.8) is 0 Å². The highest BCUT2D eigenvalue weighted by atomic mass is 35.5. The molecule has 0 bridgehead atoms. The van der Waals surface area contributed by atoms with Crippen molar-refractivity contribution in [1.29, 1.82) is 0 Å². The molecule has 146 valence electrons. The molecular formula is C19H20ClN4OS3+. The number of likely N-dealkylation sites (N-methyl/N-ethyl adjacent to an activating group) is 1. The van der Waals surface area contributed by atoms with Crippen molar-refractivity contribution < 1.29 is 9.69 Å². The molecule has 3 aromatic rings. The highest BCUT2D eigenvalue weighted by Crippen LogP contribution is 2.38. The van der Waals surface area contributed by atoms with E-state index in [2.05, 4.69) is 12.4 Å². The molecule has 1 unspecified atom stereocenters. The average Bonchev–Trinajstić information content (AvgIpc) is 3.03. The number of nitrogens with zero attached hydrogens (tertiary/aromatic N) is 2. The second-order valence-corrected chi connectivity index (χ2v) is 9.94. The Hall–Kier alpha value is -1.32.